The SMILES string of the molecule is O=C(O)Cn1cc(CNC(=O)CSCC(F)(F)F)nn1. The molecule has 0 bridgehead atoms. The Labute approximate surface area is 115 Å². The number of rotatable bonds is 7. The zero-order chi connectivity index (χ0) is 15.2. The second-order valence-corrected chi connectivity index (χ2v) is 4.67. The van der Waals surface area contributed by atoms with Crippen LogP contribution in [0.15, 0.2) is 6.20 Å². The summed E-state index contributed by atoms with van der Waals surface area (Å²) in [5.74, 6) is -3.06. The number of amides is 1. The van der Waals surface area contributed by atoms with Gasteiger partial charge in [-0.2, -0.15) is 13.2 Å². The van der Waals surface area contributed by atoms with Crippen LogP contribution in [0.3, 0.4) is 0 Å². The molecule has 0 aliphatic rings. The molecule has 0 saturated heterocycles. The molecule has 0 fully saturated rings. The zero-order valence-electron chi connectivity index (χ0n) is 10.1. The van der Waals surface area contributed by atoms with Crippen LogP contribution in [0, 0.1) is 0 Å². The van der Waals surface area contributed by atoms with Gasteiger partial charge in [0.2, 0.25) is 5.91 Å². The summed E-state index contributed by atoms with van der Waals surface area (Å²) in [6, 6.07) is 0. The van der Waals surface area contributed by atoms with Crippen molar-refractivity contribution in [3.8, 4) is 0 Å². The molecule has 1 aromatic heterocycles. The first-order chi connectivity index (χ1) is 9.26. The molecular formula is C9H11F3N4O3S. The number of thioether (sulfide) groups is 1. The van der Waals surface area contributed by atoms with Gasteiger partial charge in [-0.3, -0.25) is 9.59 Å². The van der Waals surface area contributed by atoms with Gasteiger partial charge >= 0.3 is 12.1 Å². The molecular weight excluding hydrogens is 301 g/mol. The van der Waals surface area contributed by atoms with Gasteiger partial charge in [0.15, 0.2) is 0 Å². The molecule has 0 unspecified atom stereocenters. The molecule has 1 heterocycles. The summed E-state index contributed by atoms with van der Waals surface area (Å²) in [6.45, 7) is -0.382. The lowest BCUT2D eigenvalue weighted by atomic mass is 10.4. The molecule has 0 saturated carbocycles. The van der Waals surface area contributed by atoms with Crippen molar-refractivity contribution in [2.24, 2.45) is 0 Å². The molecule has 0 aliphatic carbocycles. The van der Waals surface area contributed by atoms with Crippen molar-refractivity contribution in [2.75, 3.05) is 11.5 Å². The summed E-state index contributed by atoms with van der Waals surface area (Å²) in [6.07, 6.45) is -2.97. The average Bonchev–Trinajstić information content (AvgIpc) is 2.71. The van der Waals surface area contributed by atoms with Gasteiger partial charge in [-0.1, -0.05) is 5.21 Å². The van der Waals surface area contributed by atoms with Crippen LogP contribution in [-0.2, 0) is 22.7 Å². The maximum absolute atomic E-state index is 11.8. The largest absolute Gasteiger partial charge is 0.480 e. The number of carboxylic acids is 1. The van der Waals surface area contributed by atoms with Crippen LogP contribution in [-0.4, -0.2) is 49.7 Å². The van der Waals surface area contributed by atoms with Crippen molar-refractivity contribution >= 4 is 23.6 Å². The molecule has 112 valence electrons. The highest BCUT2D eigenvalue weighted by atomic mass is 32.2. The first-order valence-corrected chi connectivity index (χ1v) is 6.44. The van der Waals surface area contributed by atoms with Crippen LogP contribution in [0.5, 0.6) is 0 Å². The topological polar surface area (TPSA) is 97.1 Å². The number of aliphatic carboxylic acids is 1. The summed E-state index contributed by atoms with van der Waals surface area (Å²) in [7, 11) is 0. The first kappa shape index (κ1) is 16.3. The van der Waals surface area contributed by atoms with Crippen molar-refractivity contribution in [1.29, 1.82) is 0 Å². The number of alkyl halides is 3. The third-order valence-electron chi connectivity index (χ3n) is 1.85. The van der Waals surface area contributed by atoms with Gasteiger partial charge in [0, 0.05) is 0 Å². The Kier molecular flexibility index (Phi) is 5.80. The fourth-order valence-electron chi connectivity index (χ4n) is 1.14. The van der Waals surface area contributed by atoms with Crippen LogP contribution >= 0.6 is 11.8 Å². The number of nitrogens with one attached hydrogen (secondary N) is 1. The third kappa shape index (κ3) is 6.97. The van der Waals surface area contributed by atoms with Crippen LogP contribution < -0.4 is 5.32 Å². The van der Waals surface area contributed by atoms with Gasteiger partial charge in [0.25, 0.3) is 0 Å². The average molecular weight is 312 g/mol. The Morgan fingerprint density at radius 2 is 2.15 bits per heavy atom. The summed E-state index contributed by atoms with van der Waals surface area (Å²) >= 11 is 0.461. The Hall–Kier alpha value is -1.78. The van der Waals surface area contributed by atoms with Gasteiger partial charge in [-0.05, 0) is 0 Å². The van der Waals surface area contributed by atoms with Gasteiger partial charge in [0.05, 0.1) is 24.2 Å². The van der Waals surface area contributed by atoms with Crippen molar-refractivity contribution in [1.82, 2.24) is 20.3 Å². The summed E-state index contributed by atoms with van der Waals surface area (Å²) in [5.41, 5.74) is 0.320. The number of carboxylic acid groups (broad SMARTS) is 1. The molecule has 0 radical (unpaired) electrons. The standard InChI is InChI=1S/C9H11F3N4O3S/c10-9(11,12)5-20-4-7(17)13-1-6-2-16(15-14-6)3-8(18)19/h2H,1,3-5H2,(H,13,17)(H,18,19). The van der Waals surface area contributed by atoms with Gasteiger partial charge < -0.3 is 10.4 Å². The van der Waals surface area contributed by atoms with E-state index in [1.165, 1.54) is 6.20 Å². The normalized spacial score (nSPS) is 11.3. The Balaban J connectivity index is 2.27. The van der Waals surface area contributed by atoms with Gasteiger partial charge in [0.1, 0.15) is 12.2 Å². The first-order valence-electron chi connectivity index (χ1n) is 5.28. The summed E-state index contributed by atoms with van der Waals surface area (Å²) < 4.78 is 36.6. The molecule has 1 rings (SSSR count). The minimum Gasteiger partial charge on any atom is -0.480 e. The van der Waals surface area contributed by atoms with Crippen LogP contribution in [0.2, 0.25) is 0 Å². The quantitative estimate of drug-likeness (QED) is 0.750. The number of hydrogen-bond acceptors (Lipinski definition) is 5. The molecule has 0 aromatic carbocycles. The molecule has 20 heavy (non-hydrogen) atoms. The number of aromatic nitrogens is 3. The smallest absolute Gasteiger partial charge is 0.397 e. The molecule has 0 atom stereocenters. The Bertz CT molecular complexity index is 477. The second kappa shape index (κ2) is 7.12. The molecule has 1 aromatic rings. The van der Waals surface area contributed by atoms with E-state index in [-0.39, 0.29) is 18.8 Å². The maximum atomic E-state index is 11.8. The minimum absolute atomic E-state index is 0.0228. The van der Waals surface area contributed by atoms with E-state index in [9.17, 15) is 22.8 Å². The maximum Gasteiger partial charge on any atom is 0.397 e. The van der Waals surface area contributed by atoms with E-state index in [0.717, 1.165) is 4.68 Å². The predicted octanol–water partition coefficient (Wildman–Crippen LogP) is 0.274. The molecule has 2 N–H and O–H groups in total. The third-order valence-corrected chi connectivity index (χ3v) is 2.85. The van der Waals surface area contributed by atoms with E-state index in [1.807, 2.05) is 0 Å². The summed E-state index contributed by atoms with van der Waals surface area (Å²) in [4.78, 5) is 21.6. The highest BCUT2D eigenvalue weighted by molar-refractivity contribution is 8.00. The molecule has 0 aliphatic heterocycles. The Morgan fingerprint density at radius 3 is 2.75 bits per heavy atom. The number of nitrogens with zero attached hydrogens (tertiary/aromatic N) is 3. The fourth-order valence-corrected chi connectivity index (χ4v) is 1.76. The second-order valence-electron chi connectivity index (χ2n) is 3.69. The molecule has 0 spiro atoms. The van der Waals surface area contributed by atoms with Crippen molar-refractivity contribution < 1.29 is 27.9 Å². The number of hydrogen-bond donors (Lipinski definition) is 2. The minimum atomic E-state index is -4.30. The van der Waals surface area contributed by atoms with Crippen molar-refractivity contribution in [3.05, 3.63) is 11.9 Å². The van der Waals surface area contributed by atoms with E-state index in [1.54, 1.807) is 0 Å². The van der Waals surface area contributed by atoms with Gasteiger partial charge in [-0.25, -0.2) is 4.68 Å². The molecule has 11 heteroatoms. The van der Waals surface area contributed by atoms with Gasteiger partial charge in [-0.15, -0.1) is 16.9 Å². The van der Waals surface area contributed by atoms with Crippen molar-refractivity contribution in [2.45, 2.75) is 19.3 Å². The van der Waals surface area contributed by atoms with E-state index in [4.69, 9.17) is 5.11 Å². The van der Waals surface area contributed by atoms with Crippen LogP contribution in [0.4, 0.5) is 13.2 Å². The van der Waals surface area contributed by atoms with Crippen molar-refractivity contribution in [3.63, 3.8) is 0 Å². The zero-order valence-corrected chi connectivity index (χ0v) is 10.9. The molecule has 7 nitrogen and oxygen atoms in total. The van der Waals surface area contributed by atoms with E-state index in [0.29, 0.717) is 17.5 Å². The Morgan fingerprint density at radius 1 is 1.45 bits per heavy atom. The lowest BCUT2D eigenvalue weighted by Crippen LogP contribution is -2.25. The number of carbonyl (C=O) groups excluding carboxylic acids is 1. The highest BCUT2D eigenvalue weighted by Gasteiger charge is 2.27. The molecule has 1 amide bonds. The number of carbonyl (C=O) groups is 2. The number of halogens is 3. The van der Waals surface area contributed by atoms with Crippen LogP contribution in [0.1, 0.15) is 5.69 Å². The fraction of sp³-hybridized carbons (Fsp3) is 0.556. The van der Waals surface area contributed by atoms with E-state index >= 15 is 0 Å². The lowest BCUT2D eigenvalue weighted by molar-refractivity contribution is -0.138. The van der Waals surface area contributed by atoms with Crippen LogP contribution in [0.25, 0.3) is 0 Å². The summed E-state index contributed by atoms with van der Waals surface area (Å²) in [5, 5.41) is 18.0. The lowest BCUT2D eigenvalue weighted by Gasteiger charge is -2.05. The highest BCUT2D eigenvalue weighted by Crippen LogP contribution is 2.20. The van der Waals surface area contributed by atoms with E-state index < -0.39 is 23.8 Å². The van der Waals surface area contributed by atoms with E-state index in [2.05, 4.69) is 15.6 Å². The monoisotopic (exact) mass is 312 g/mol. The predicted molar refractivity (Wildman–Crippen MR) is 62.9 cm³/mol.